The molecule has 2 aromatic carbocycles. The smallest absolute Gasteiger partial charge is 0.126 e. The maximum absolute atomic E-state index is 6.02. The fourth-order valence-electron chi connectivity index (χ4n) is 2.38. The number of benzene rings is 2. The Hall–Kier alpha value is -1.96. The molecule has 23 heavy (non-hydrogen) atoms. The van der Waals surface area contributed by atoms with Crippen LogP contribution in [0.5, 0.6) is 11.5 Å². The van der Waals surface area contributed by atoms with Gasteiger partial charge in [0.1, 0.15) is 11.5 Å². The van der Waals surface area contributed by atoms with Crippen LogP contribution in [0.4, 0.5) is 0 Å². The lowest BCUT2D eigenvalue weighted by atomic mass is 10.0. The summed E-state index contributed by atoms with van der Waals surface area (Å²) in [7, 11) is 0. The number of ether oxygens (including phenoxy) is 2. The second kappa shape index (κ2) is 9.94. The van der Waals surface area contributed by atoms with Gasteiger partial charge in [0.25, 0.3) is 0 Å². The van der Waals surface area contributed by atoms with Crippen molar-refractivity contribution >= 4 is 0 Å². The fourth-order valence-corrected chi connectivity index (χ4v) is 2.38. The molecule has 124 valence electrons. The molecule has 0 aromatic heterocycles. The Balaban J connectivity index is 2.11. The van der Waals surface area contributed by atoms with Crippen molar-refractivity contribution in [3.8, 4) is 11.5 Å². The van der Waals surface area contributed by atoms with Crippen LogP contribution in [0.1, 0.15) is 50.7 Å². The highest BCUT2D eigenvalue weighted by Crippen LogP contribution is 2.27. The lowest BCUT2D eigenvalue weighted by molar-refractivity contribution is 0.292. The first kappa shape index (κ1) is 17.4. The van der Waals surface area contributed by atoms with Crippen molar-refractivity contribution in [1.82, 2.24) is 0 Å². The topological polar surface area (TPSA) is 18.5 Å². The van der Waals surface area contributed by atoms with Gasteiger partial charge < -0.3 is 9.47 Å². The summed E-state index contributed by atoms with van der Waals surface area (Å²) in [6.45, 7) is 5.88. The van der Waals surface area contributed by atoms with E-state index in [1.54, 1.807) is 0 Å². The third-order valence-corrected chi connectivity index (χ3v) is 3.80. The monoisotopic (exact) mass is 312 g/mol. The van der Waals surface area contributed by atoms with Crippen molar-refractivity contribution in [3.63, 3.8) is 0 Å². The molecular formula is C21H28O2. The van der Waals surface area contributed by atoms with Gasteiger partial charge in [-0.1, -0.05) is 63.1 Å². The van der Waals surface area contributed by atoms with Gasteiger partial charge in [-0.2, -0.15) is 0 Å². The molecule has 0 fully saturated rings. The Bertz CT molecular complexity index is 563. The van der Waals surface area contributed by atoms with E-state index >= 15 is 0 Å². The summed E-state index contributed by atoms with van der Waals surface area (Å²) in [5.74, 6) is 1.86. The minimum absolute atomic E-state index is 0.761. The normalized spacial score (nSPS) is 10.5. The van der Waals surface area contributed by atoms with E-state index in [9.17, 15) is 0 Å². The molecule has 2 rings (SSSR count). The van der Waals surface area contributed by atoms with Gasteiger partial charge in [-0.15, -0.1) is 0 Å². The Morgan fingerprint density at radius 1 is 0.783 bits per heavy atom. The average Bonchev–Trinajstić information content (AvgIpc) is 2.58. The summed E-state index contributed by atoms with van der Waals surface area (Å²) in [6.07, 6.45) is 5.33. The Kier molecular flexibility index (Phi) is 7.51. The van der Waals surface area contributed by atoms with Gasteiger partial charge in [0.2, 0.25) is 0 Å². The molecule has 0 aliphatic heterocycles. The van der Waals surface area contributed by atoms with E-state index in [-0.39, 0.29) is 0 Å². The summed E-state index contributed by atoms with van der Waals surface area (Å²) >= 11 is 0. The van der Waals surface area contributed by atoms with Crippen LogP contribution in [-0.2, 0) is 6.42 Å². The molecule has 0 aliphatic carbocycles. The van der Waals surface area contributed by atoms with Crippen molar-refractivity contribution < 1.29 is 9.47 Å². The molecule has 0 spiro atoms. The van der Waals surface area contributed by atoms with Crippen LogP contribution >= 0.6 is 0 Å². The molecule has 0 unspecified atom stereocenters. The van der Waals surface area contributed by atoms with E-state index in [1.807, 2.05) is 12.1 Å². The maximum atomic E-state index is 6.02. The van der Waals surface area contributed by atoms with E-state index in [1.165, 1.54) is 11.1 Å². The summed E-state index contributed by atoms with van der Waals surface area (Å²) in [5, 5.41) is 0. The summed E-state index contributed by atoms with van der Waals surface area (Å²) in [5.41, 5.74) is 2.52. The number of hydrogen-bond acceptors (Lipinski definition) is 2. The predicted molar refractivity (Wildman–Crippen MR) is 96.5 cm³/mol. The summed E-state index contributed by atoms with van der Waals surface area (Å²) in [6, 6.07) is 16.7. The van der Waals surface area contributed by atoms with E-state index in [2.05, 4.69) is 50.2 Å². The molecule has 2 nitrogen and oxygen atoms in total. The van der Waals surface area contributed by atoms with Crippen molar-refractivity contribution in [2.75, 3.05) is 13.2 Å². The Morgan fingerprint density at radius 2 is 1.48 bits per heavy atom. The molecule has 0 N–H and O–H groups in total. The van der Waals surface area contributed by atoms with E-state index in [0.717, 1.165) is 56.8 Å². The fraction of sp³-hybridized carbons (Fsp3) is 0.429. The first-order valence-electron chi connectivity index (χ1n) is 8.76. The van der Waals surface area contributed by atoms with Gasteiger partial charge in [-0.05, 0) is 30.0 Å². The maximum Gasteiger partial charge on any atom is 0.126 e. The molecule has 0 radical (unpaired) electrons. The Morgan fingerprint density at radius 3 is 2.17 bits per heavy atom. The number of hydrogen-bond donors (Lipinski definition) is 0. The first-order valence-corrected chi connectivity index (χ1v) is 8.76. The summed E-state index contributed by atoms with van der Waals surface area (Å²) < 4.78 is 11.8. The van der Waals surface area contributed by atoms with Crippen LogP contribution in [0.15, 0.2) is 48.5 Å². The standard InChI is InChI=1S/C21H28O2/c1-3-5-14-22-20-13-12-19(16-18-10-8-7-9-11-18)21(17-20)23-15-6-4-2/h7-13,17H,3-6,14-16H2,1-2H3. The molecule has 0 aliphatic rings. The quantitative estimate of drug-likeness (QED) is 0.529. The van der Waals surface area contributed by atoms with Crippen molar-refractivity contribution in [3.05, 3.63) is 59.7 Å². The highest BCUT2D eigenvalue weighted by molar-refractivity contribution is 5.43. The molecule has 0 saturated heterocycles. The van der Waals surface area contributed by atoms with E-state index in [4.69, 9.17) is 9.47 Å². The zero-order valence-electron chi connectivity index (χ0n) is 14.4. The van der Waals surface area contributed by atoms with Crippen molar-refractivity contribution in [1.29, 1.82) is 0 Å². The van der Waals surface area contributed by atoms with Crippen LogP contribution in [-0.4, -0.2) is 13.2 Å². The largest absolute Gasteiger partial charge is 0.493 e. The number of unbranched alkanes of at least 4 members (excludes halogenated alkanes) is 2. The van der Waals surface area contributed by atoms with E-state index in [0.29, 0.717) is 0 Å². The van der Waals surface area contributed by atoms with Crippen LogP contribution in [0.2, 0.25) is 0 Å². The van der Waals surface area contributed by atoms with Gasteiger partial charge >= 0.3 is 0 Å². The molecule has 2 aromatic rings. The molecule has 0 saturated carbocycles. The third-order valence-electron chi connectivity index (χ3n) is 3.80. The molecule has 0 atom stereocenters. The molecule has 0 amide bonds. The second-order valence-corrected chi connectivity index (χ2v) is 5.84. The van der Waals surface area contributed by atoms with Crippen molar-refractivity contribution in [2.45, 2.75) is 46.0 Å². The van der Waals surface area contributed by atoms with Crippen molar-refractivity contribution in [2.24, 2.45) is 0 Å². The summed E-state index contributed by atoms with van der Waals surface area (Å²) in [4.78, 5) is 0. The average molecular weight is 312 g/mol. The van der Waals surface area contributed by atoms with Crippen LogP contribution in [0, 0.1) is 0 Å². The molecule has 0 heterocycles. The zero-order chi connectivity index (χ0) is 16.3. The van der Waals surface area contributed by atoms with Gasteiger partial charge in [0, 0.05) is 12.5 Å². The van der Waals surface area contributed by atoms with Gasteiger partial charge in [-0.3, -0.25) is 0 Å². The van der Waals surface area contributed by atoms with Crippen LogP contribution < -0.4 is 9.47 Å². The second-order valence-electron chi connectivity index (χ2n) is 5.84. The highest BCUT2D eigenvalue weighted by Gasteiger charge is 2.07. The number of rotatable bonds is 10. The predicted octanol–water partition coefficient (Wildman–Crippen LogP) is 5.64. The van der Waals surface area contributed by atoms with Crippen LogP contribution in [0.25, 0.3) is 0 Å². The van der Waals surface area contributed by atoms with Gasteiger partial charge in [0.15, 0.2) is 0 Å². The Labute approximate surface area is 140 Å². The highest BCUT2D eigenvalue weighted by atomic mass is 16.5. The molecule has 2 heteroatoms. The molecule has 0 bridgehead atoms. The first-order chi connectivity index (χ1) is 11.3. The van der Waals surface area contributed by atoms with Gasteiger partial charge in [-0.25, -0.2) is 0 Å². The minimum Gasteiger partial charge on any atom is -0.493 e. The SMILES string of the molecule is CCCCOc1ccc(Cc2ccccc2)c(OCCCC)c1. The lowest BCUT2D eigenvalue weighted by Gasteiger charge is -2.14. The van der Waals surface area contributed by atoms with Crippen LogP contribution in [0.3, 0.4) is 0 Å². The van der Waals surface area contributed by atoms with Gasteiger partial charge in [0.05, 0.1) is 13.2 Å². The zero-order valence-corrected chi connectivity index (χ0v) is 14.4. The lowest BCUT2D eigenvalue weighted by Crippen LogP contribution is -2.02. The van der Waals surface area contributed by atoms with E-state index < -0.39 is 0 Å². The third kappa shape index (κ3) is 5.97. The molecular weight excluding hydrogens is 284 g/mol. The minimum atomic E-state index is 0.761.